The van der Waals surface area contributed by atoms with Crippen LogP contribution in [-0.2, 0) is 19.1 Å². The molecule has 0 aromatic heterocycles. The van der Waals surface area contributed by atoms with Crippen molar-refractivity contribution in [3.05, 3.63) is 35.9 Å². The fourth-order valence-corrected chi connectivity index (χ4v) is 3.79. The standard InChI is InChI=1S/C20H23NO6/c1-25-16-9-8-12(10-17(16)26-2)15(11-18(22)27-3)21-19(23)13-6-4-5-7-14(13)20(21)24/h4-5,8-10,13-15H,6-7,11H2,1-3H3. The second kappa shape index (κ2) is 7.82. The summed E-state index contributed by atoms with van der Waals surface area (Å²) in [5.74, 6) is -0.705. The fraction of sp³-hybridized carbons (Fsp3) is 0.450. The highest BCUT2D eigenvalue weighted by molar-refractivity contribution is 6.06. The van der Waals surface area contributed by atoms with Gasteiger partial charge in [0.1, 0.15) is 0 Å². The van der Waals surface area contributed by atoms with E-state index in [1.807, 2.05) is 12.2 Å². The molecule has 1 aromatic carbocycles. The first-order valence-corrected chi connectivity index (χ1v) is 8.82. The number of imide groups is 1. The van der Waals surface area contributed by atoms with Gasteiger partial charge in [0.25, 0.3) is 0 Å². The summed E-state index contributed by atoms with van der Waals surface area (Å²) in [4.78, 5) is 39.2. The van der Waals surface area contributed by atoms with Gasteiger partial charge in [-0.15, -0.1) is 0 Å². The zero-order valence-electron chi connectivity index (χ0n) is 15.6. The summed E-state index contributed by atoms with van der Waals surface area (Å²) in [6, 6.07) is 4.36. The Kier molecular flexibility index (Phi) is 5.48. The van der Waals surface area contributed by atoms with E-state index in [1.54, 1.807) is 18.2 Å². The van der Waals surface area contributed by atoms with Gasteiger partial charge in [-0.25, -0.2) is 0 Å². The Morgan fingerprint density at radius 1 is 1.04 bits per heavy atom. The third-order valence-electron chi connectivity index (χ3n) is 5.23. The summed E-state index contributed by atoms with van der Waals surface area (Å²) in [5, 5.41) is 0. The minimum Gasteiger partial charge on any atom is -0.493 e. The molecular formula is C20H23NO6. The van der Waals surface area contributed by atoms with Gasteiger partial charge in [-0.05, 0) is 30.5 Å². The van der Waals surface area contributed by atoms with Crippen LogP contribution in [0, 0.1) is 11.8 Å². The molecule has 3 rings (SSSR count). The van der Waals surface area contributed by atoms with Crippen molar-refractivity contribution >= 4 is 17.8 Å². The zero-order valence-corrected chi connectivity index (χ0v) is 15.6. The van der Waals surface area contributed by atoms with E-state index in [2.05, 4.69) is 0 Å². The number of hydrogen-bond donors (Lipinski definition) is 0. The summed E-state index contributed by atoms with van der Waals surface area (Å²) in [6.07, 6.45) is 4.84. The molecule has 2 aliphatic rings. The summed E-state index contributed by atoms with van der Waals surface area (Å²) < 4.78 is 15.4. The number of rotatable bonds is 6. The molecule has 0 bridgehead atoms. The maximum absolute atomic E-state index is 13.0. The Balaban J connectivity index is 2.00. The molecule has 7 heteroatoms. The van der Waals surface area contributed by atoms with E-state index in [1.165, 1.54) is 26.2 Å². The molecule has 1 aliphatic carbocycles. The highest BCUT2D eigenvalue weighted by Gasteiger charge is 2.50. The van der Waals surface area contributed by atoms with Gasteiger partial charge in [-0.3, -0.25) is 19.3 Å². The minimum atomic E-state index is -0.747. The van der Waals surface area contributed by atoms with E-state index >= 15 is 0 Å². The topological polar surface area (TPSA) is 82.1 Å². The van der Waals surface area contributed by atoms with Crippen molar-refractivity contribution in [3.8, 4) is 11.5 Å². The number of allylic oxidation sites excluding steroid dienone is 2. The molecule has 0 radical (unpaired) electrons. The third-order valence-corrected chi connectivity index (χ3v) is 5.23. The van der Waals surface area contributed by atoms with E-state index in [0.717, 1.165) is 0 Å². The summed E-state index contributed by atoms with van der Waals surface area (Å²) in [5.41, 5.74) is 0.617. The molecule has 2 amide bonds. The Morgan fingerprint density at radius 3 is 2.15 bits per heavy atom. The monoisotopic (exact) mass is 373 g/mol. The second-order valence-corrected chi connectivity index (χ2v) is 6.61. The average Bonchev–Trinajstić information content (AvgIpc) is 2.96. The van der Waals surface area contributed by atoms with Crippen molar-refractivity contribution < 1.29 is 28.6 Å². The van der Waals surface area contributed by atoms with Gasteiger partial charge in [0, 0.05) is 0 Å². The number of nitrogens with zero attached hydrogens (tertiary/aromatic N) is 1. The van der Waals surface area contributed by atoms with Gasteiger partial charge in [-0.1, -0.05) is 18.2 Å². The molecule has 7 nitrogen and oxygen atoms in total. The van der Waals surface area contributed by atoms with E-state index < -0.39 is 12.0 Å². The molecule has 1 aromatic rings. The van der Waals surface area contributed by atoms with Crippen molar-refractivity contribution in [2.75, 3.05) is 21.3 Å². The Hall–Kier alpha value is -2.83. The molecule has 1 fully saturated rings. The van der Waals surface area contributed by atoms with Crippen molar-refractivity contribution in [1.29, 1.82) is 0 Å². The third kappa shape index (κ3) is 3.41. The number of benzene rings is 1. The molecule has 144 valence electrons. The van der Waals surface area contributed by atoms with Crippen LogP contribution in [0.25, 0.3) is 0 Å². The Morgan fingerprint density at radius 2 is 1.63 bits per heavy atom. The highest BCUT2D eigenvalue weighted by Crippen LogP contribution is 2.42. The number of esters is 1. The van der Waals surface area contributed by atoms with E-state index in [9.17, 15) is 14.4 Å². The molecule has 0 spiro atoms. The summed E-state index contributed by atoms with van der Waals surface area (Å²) in [6.45, 7) is 0. The minimum absolute atomic E-state index is 0.115. The number of carbonyl (C=O) groups excluding carboxylic acids is 3. The Labute approximate surface area is 157 Å². The van der Waals surface area contributed by atoms with Crippen LogP contribution in [-0.4, -0.2) is 44.0 Å². The quantitative estimate of drug-likeness (QED) is 0.432. The molecule has 1 heterocycles. The lowest BCUT2D eigenvalue weighted by atomic mass is 9.85. The van der Waals surface area contributed by atoms with Crippen LogP contribution in [0.15, 0.2) is 30.4 Å². The SMILES string of the molecule is COC(=O)CC(c1ccc(OC)c(OC)c1)N1C(=O)C2CC=CCC2C1=O. The number of fused-ring (bicyclic) bond motifs is 1. The molecular weight excluding hydrogens is 350 g/mol. The van der Waals surface area contributed by atoms with Crippen molar-refractivity contribution in [2.24, 2.45) is 11.8 Å². The van der Waals surface area contributed by atoms with Gasteiger partial charge in [0.2, 0.25) is 11.8 Å². The number of methoxy groups -OCH3 is 3. The second-order valence-electron chi connectivity index (χ2n) is 6.61. The van der Waals surface area contributed by atoms with Crippen LogP contribution in [0.5, 0.6) is 11.5 Å². The molecule has 3 atom stereocenters. The van der Waals surface area contributed by atoms with Crippen LogP contribution >= 0.6 is 0 Å². The number of carbonyl (C=O) groups is 3. The predicted octanol–water partition coefficient (Wildman–Crippen LogP) is 2.26. The Bertz CT molecular complexity index is 761. The van der Waals surface area contributed by atoms with Crippen molar-refractivity contribution in [2.45, 2.75) is 25.3 Å². The van der Waals surface area contributed by atoms with Gasteiger partial charge < -0.3 is 14.2 Å². The van der Waals surface area contributed by atoms with Crippen LogP contribution in [0.3, 0.4) is 0 Å². The van der Waals surface area contributed by atoms with Crippen LogP contribution in [0.4, 0.5) is 0 Å². The first-order valence-electron chi connectivity index (χ1n) is 8.82. The lowest BCUT2D eigenvalue weighted by molar-refractivity contribution is -0.147. The van der Waals surface area contributed by atoms with Crippen LogP contribution in [0.1, 0.15) is 30.9 Å². The first-order chi connectivity index (χ1) is 13.0. The highest BCUT2D eigenvalue weighted by atomic mass is 16.5. The van der Waals surface area contributed by atoms with E-state index in [0.29, 0.717) is 29.9 Å². The number of amides is 2. The van der Waals surface area contributed by atoms with E-state index in [4.69, 9.17) is 14.2 Å². The summed E-state index contributed by atoms with van der Waals surface area (Å²) >= 11 is 0. The normalized spacial score (nSPS) is 22.4. The number of hydrogen-bond acceptors (Lipinski definition) is 6. The van der Waals surface area contributed by atoms with Crippen LogP contribution in [0.2, 0.25) is 0 Å². The zero-order chi connectivity index (χ0) is 19.6. The van der Waals surface area contributed by atoms with Crippen molar-refractivity contribution in [3.63, 3.8) is 0 Å². The molecule has 0 saturated carbocycles. The molecule has 1 aliphatic heterocycles. The van der Waals surface area contributed by atoms with Gasteiger partial charge >= 0.3 is 5.97 Å². The smallest absolute Gasteiger partial charge is 0.307 e. The largest absolute Gasteiger partial charge is 0.493 e. The number of ether oxygens (including phenoxy) is 3. The van der Waals surface area contributed by atoms with Crippen LogP contribution < -0.4 is 9.47 Å². The average molecular weight is 373 g/mol. The lowest BCUT2D eigenvalue weighted by Gasteiger charge is -2.27. The predicted molar refractivity (Wildman–Crippen MR) is 96.1 cm³/mol. The molecule has 0 N–H and O–H groups in total. The van der Waals surface area contributed by atoms with E-state index in [-0.39, 0.29) is 30.1 Å². The molecule has 27 heavy (non-hydrogen) atoms. The van der Waals surface area contributed by atoms with Crippen molar-refractivity contribution in [1.82, 2.24) is 4.90 Å². The molecule has 1 saturated heterocycles. The summed E-state index contributed by atoms with van der Waals surface area (Å²) in [7, 11) is 4.31. The van der Waals surface area contributed by atoms with Gasteiger partial charge in [-0.2, -0.15) is 0 Å². The lowest BCUT2D eigenvalue weighted by Crippen LogP contribution is -2.36. The number of likely N-dealkylation sites (tertiary alicyclic amines) is 1. The maximum atomic E-state index is 13.0. The van der Waals surface area contributed by atoms with Gasteiger partial charge in [0.15, 0.2) is 11.5 Å². The first kappa shape index (κ1) is 18.9. The fourth-order valence-electron chi connectivity index (χ4n) is 3.79. The van der Waals surface area contributed by atoms with Gasteiger partial charge in [0.05, 0.1) is 45.6 Å². The molecule has 3 unspecified atom stereocenters. The maximum Gasteiger partial charge on any atom is 0.307 e.